The molecule has 0 radical (unpaired) electrons. The van der Waals surface area contributed by atoms with Crippen molar-refractivity contribution in [1.82, 2.24) is 19.8 Å². The lowest BCUT2D eigenvalue weighted by Gasteiger charge is -2.07. The van der Waals surface area contributed by atoms with E-state index in [1.807, 2.05) is 4.83 Å². The topological polar surface area (TPSA) is 93.1 Å². The van der Waals surface area contributed by atoms with Crippen molar-refractivity contribution in [3.8, 4) is 10.6 Å². The van der Waals surface area contributed by atoms with Crippen LogP contribution in [0.15, 0.2) is 51.4 Å². The number of hydrazine groups is 1. The number of sulfonamides is 1. The molecule has 1 amide bonds. The highest BCUT2D eigenvalue weighted by molar-refractivity contribution is 9.10. The first-order valence-corrected chi connectivity index (χ1v) is 10.3. The van der Waals surface area contributed by atoms with Crippen LogP contribution in [0.4, 0.5) is 4.39 Å². The third kappa shape index (κ3) is 4.01. The van der Waals surface area contributed by atoms with E-state index in [2.05, 4.69) is 26.3 Å². The van der Waals surface area contributed by atoms with Crippen LogP contribution in [0.2, 0.25) is 0 Å². The van der Waals surface area contributed by atoms with Crippen molar-refractivity contribution in [2.24, 2.45) is 7.05 Å². The molecular weight excluding hydrogens is 447 g/mol. The van der Waals surface area contributed by atoms with Crippen molar-refractivity contribution in [3.05, 3.63) is 57.9 Å². The van der Waals surface area contributed by atoms with Crippen molar-refractivity contribution >= 4 is 43.2 Å². The molecule has 0 saturated heterocycles. The highest BCUT2D eigenvalue weighted by Crippen LogP contribution is 2.25. The molecular formula is C15H12BrFN4O3S2. The molecule has 1 aromatic carbocycles. The minimum Gasteiger partial charge on any atom is -0.345 e. The fourth-order valence-electron chi connectivity index (χ4n) is 2.09. The van der Waals surface area contributed by atoms with Crippen LogP contribution in [0.5, 0.6) is 0 Å². The molecule has 2 heterocycles. The van der Waals surface area contributed by atoms with Gasteiger partial charge in [-0.1, -0.05) is 0 Å². The lowest BCUT2D eigenvalue weighted by atomic mass is 10.2. The molecule has 0 saturated carbocycles. The van der Waals surface area contributed by atoms with Gasteiger partial charge in [0.05, 0.1) is 0 Å². The predicted octanol–water partition coefficient (Wildman–Crippen LogP) is 2.67. The number of rotatable bonds is 5. The van der Waals surface area contributed by atoms with Gasteiger partial charge in [0.1, 0.15) is 16.5 Å². The highest BCUT2D eigenvalue weighted by atomic mass is 79.9. The number of hydrogen-bond acceptors (Lipinski definition) is 5. The van der Waals surface area contributed by atoms with E-state index >= 15 is 0 Å². The summed E-state index contributed by atoms with van der Waals surface area (Å²) in [5, 5.41) is 1.52. The van der Waals surface area contributed by atoms with Crippen LogP contribution in [0.25, 0.3) is 10.6 Å². The second-order valence-corrected chi connectivity index (χ2v) is 8.61. The molecule has 2 aromatic heterocycles. The van der Waals surface area contributed by atoms with Crippen LogP contribution in [0.1, 0.15) is 10.5 Å². The Morgan fingerprint density at radius 1 is 1.31 bits per heavy atom. The summed E-state index contributed by atoms with van der Waals surface area (Å²) in [7, 11) is -2.39. The Bertz CT molecular complexity index is 1060. The highest BCUT2D eigenvalue weighted by Gasteiger charge is 2.21. The van der Waals surface area contributed by atoms with Gasteiger partial charge in [0.2, 0.25) is 0 Å². The van der Waals surface area contributed by atoms with E-state index in [4.69, 9.17) is 0 Å². The van der Waals surface area contributed by atoms with Gasteiger partial charge in [-0.25, -0.2) is 17.8 Å². The number of nitrogens with zero attached hydrogens (tertiary/aromatic N) is 2. The molecule has 11 heteroatoms. The van der Waals surface area contributed by atoms with Crippen LogP contribution >= 0.6 is 27.3 Å². The van der Waals surface area contributed by atoms with E-state index in [1.165, 1.54) is 29.6 Å². The van der Waals surface area contributed by atoms with Crippen LogP contribution in [-0.4, -0.2) is 23.9 Å². The Labute approximate surface area is 161 Å². The molecule has 136 valence electrons. The molecule has 0 spiro atoms. The van der Waals surface area contributed by atoms with Crippen LogP contribution in [0.3, 0.4) is 0 Å². The predicted molar refractivity (Wildman–Crippen MR) is 98.4 cm³/mol. The number of nitrogens with one attached hydrogen (secondary N) is 2. The zero-order valence-electron chi connectivity index (χ0n) is 13.2. The van der Waals surface area contributed by atoms with Gasteiger partial charge in [0, 0.05) is 28.7 Å². The zero-order valence-corrected chi connectivity index (χ0v) is 16.5. The van der Waals surface area contributed by atoms with Gasteiger partial charge >= 0.3 is 0 Å². The number of carbonyl (C=O) groups is 1. The molecule has 26 heavy (non-hydrogen) atoms. The normalized spacial score (nSPS) is 11.5. The molecule has 0 fully saturated rings. The Kier molecular flexibility index (Phi) is 5.23. The number of halogens is 2. The minimum atomic E-state index is -4.04. The maximum absolute atomic E-state index is 13.0. The largest absolute Gasteiger partial charge is 0.345 e. The van der Waals surface area contributed by atoms with Crippen molar-refractivity contribution in [2.75, 3.05) is 0 Å². The number of thiazole rings is 1. The second kappa shape index (κ2) is 7.27. The van der Waals surface area contributed by atoms with E-state index in [9.17, 15) is 17.6 Å². The maximum Gasteiger partial charge on any atom is 0.282 e. The number of aryl methyl sites for hydroxylation is 1. The summed E-state index contributed by atoms with van der Waals surface area (Å²) in [6.45, 7) is 0. The van der Waals surface area contributed by atoms with Crippen molar-refractivity contribution < 1.29 is 17.6 Å². The van der Waals surface area contributed by atoms with Gasteiger partial charge < -0.3 is 4.57 Å². The summed E-state index contributed by atoms with van der Waals surface area (Å²) in [6.07, 6.45) is 1.67. The molecule has 3 rings (SSSR count). The molecule has 3 aromatic rings. The minimum absolute atomic E-state index is 0.241. The van der Waals surface area contributed by atoms with Gasteiger partial charge in [-0.2, -0.15) is 0 Å². The van der Waals surface area contributed by atoms with Crippen LogP contribution in [-0.2, 0) is 17.1 Å². The van der Waals surface area contributed by atoms with Gasteiger partial charge in [-0.3, -0.25) is 10.2 Å². The van der Waals surface area contributed by atoms with Crippen LogP contribution in [0, 0.1) is 5.82 Å². The average molecular weight is 459 g/mol. The zero-order chi connectivity index (χ0) is 18.9. The third-order valence-electron chi connectivity index (χ3n) is 3.35. The SMILES string of the molecule is Cn1cc(Br)cc1C(=O)NNS(=O)(=O)c1csc(-c2ccc(F)cc2)n1. The monoisotopic (exact) mass is 458 g/mol. The summed E-state index contributed by atoms with van der Waals surface area (Å²) in [5.74, 6) is -1.01. The van der Waals surface area contributed by atoms with Crippen molar-refractivity contribution in [3.63, 3.8) is 0 Å². The van der Waals surface area contributed by atoms with Gasteiger partial charge in [0.25, 0.3) is 15.9 Å². The van der Waals surface area contributed by atoms with E-state index in [0.717, 1.165) is 11.3 Å². The fourth-order valence-corrected chi connectivity index (χ4v) is 4.55. The molecule has 2 N–H and O–H groups in total. The standard InChI is InChI=1S/C15H12BrFN4O3S2/c1-21-7-10(16)6-12(21)14(22)19-20-26(23,24)13-8-25-15(18-13)9-2-4-11(17)5-3-9/h2-8,20H,1H3,(H,19,22). The summed E-state index contributed by atoms with van der Waals surface area (Å²) in [5.41, 5.74) is 3.01. The first-order valence-electron chi connectivity index (χ1n) is 7.12. The Morgan fingerprint density at radius 2 is 2.00 bits per heavy atom. The second-order valence-electron chi connectivity index (χ2n) is 5.21. The quantitative estimate of drug-likeness (QED) is 0.574. The smallest absolute Gasteiger partial charge is 0.282 e. The van der Waals surface area contributed by atoms with Gasteiger partial charge in [0.15, 0.2) is 5.03 Å². The van der Waals surface area contributed by atoms with E-state index in [1.54, 1.807) is 23.9 Å². The summed E-state index contributed by atoms with van der Waals surface area (Å²) in [6, 6.07) is 7.10. The Balaban J connectivity index is 1.73. The first-order chi connectivity index (χ1) is 12.3. The summed E-state index contributed by atoms with van der Waals surface area (Å²) >= 11 is 4.33. The molecule has 0 unspecified atom stereocenters. The third-order valence-corrected chi connectivity index (χ3v) is 5.96. The van der Waals surface area contributed by atoms with Crippen molar-refractivity contribution in [1.29, 1.82) is 0 Å². The Hall–Kier alpha value is -2.08. The van der Waals surface area contributed by atoms with E-state index in [-0.39, 0.29) is 10.7 Å². The van der Waals surface area contributed by atoms with Gasteiger partial charge in [-0.05, 0) is 46.3 Å². The molecule has 0 bridgehead atoms. The number of aromatic nitrogens is 2. The average Bonchev–Trinajstić information content (AvgIpc) is 3.20. The Morgan fingerprint density at radius 3 is 2.62 bits per heavy atom. The lowest BCUT2D eigenvalue weighted by molar-refractivity contribution is 0.0937. The van der Waals surface area contributed by atoms with Gasteiger partial charge in [-0.15, -0.1) is 16.2 Å². The lowest BCUT2D eigenvalue weighted by Crippen LogP contribution is -2.42. The molecule has 0 aliphatic rings. The molecule has 7 nitrogen and oxygen atoms in total. The summed E-state index contributed by atoms with van der Waals surface area (Å²) in [4.78, 5) is 18.1. The first kappa shape index (κ1) is 18.7. The number of benzene rings is 1. The van der Waals surface area contributed by atoms with Crippen LogP contribution < -0.4 is 10.3 Å². The van der Waals surface area contributed by atoms with E-state index < -0.39 is 21.7 Å². The number of hydrogen-bond donors (Lipinski definition) is 2. The fraction of sp³-hybridized carbons (Fsp3) is 0.0667. The maximum atomic E-state index is 13.0. The molecule has 0 aliphatic carbocycles. The van der Waals surface area contributed by atoms with Crippen molar-refractivity contribution in [2.45, 2.75) is 5.03 Å². The summed E-state index contributed by atoms with van der Waals surface area (Å²) < 4.78 is 39.8. The number of amides is 1. The molecule has 0 atom stereocenters. The number of carbonyl (C=O) groups excluding carboxylic acids is 1. The van der Waals surface area contributed by atoms with E-state index in [0.29, 0.717) is 15.0 Å². The molecule has 0 aliphatic heterocycles.